The molecule has 0 unspecified atom stereocenters. The lowest BCUT2D eigenvalue weighted by molar-refractivity contribution is 0.204. The molecule has 4 N–H and O–H groups in total. The highest BCUT2D eigenvalue weighted by Crippen LogP contribution is 2.33. The number of rotatable bonds is 4. The Balaban J connectivity index is 2.12. The molecule has 1 aromatic carbocycles. The van der Waals surface area contributed by atoms with Crippen LogP contribution < -0.4 is 16.0 Å². The number of nitrogen functional groups attached to an aromatic ring is 1. The molecule has 1 aliphatic carbocycles. The molecule has 2 rings (SSSR count). The van der Waals surface area contributed by atoms with E-state index in [1.54, 1.807) is 6.07 Å². The van der Waals surface area contributed by atoms with E-state index < -0.39 is 0 Å². The van der Waals surface area contributed by atoms with Crippen molar-refractivity contribution < 1.29 is 9.29 Å². The van der Waals surface area contributed by atoms with Crippen molar-refractivity contribution in [3.8, 4) is 5.75 Å². The predicted octanol–water partition coefficient (Wildman–Crippen LogP) is 2.86. The molecular formula is C11H16N2O2S. The van der Waals surface area contributed by atoms with E-state index in [1.807, 2.05) is 12.1 Å². The summed E-state index contributed by atoms with van der Waals surface area (Å²) in [5.74, 6) is 6.04. The maximum absolute atomic E-state index is 9.18. The van der Waals surface area contributed by atoms with E-state index in [2.05, 4.69) is 5.43 Å². The Kier molecular flexibility index (Phi) is 3.93. The third-order valence-electron chi connectivity index (χ3n) is 2.80. The molecule has 0 aliphatic heterocycles. The molecule has 1 fully saturated rings. The predicted molar refractivity (Wildman–Crippen MR) is 65.6 cm³/mol. The molecule has 0 bridgehead atoms. The van der Waals surface area contributed by atoms with E-state index in [9.17, 15) is 4.55 Å². The SMILES string of the molecule is NNc1ccc(OC2CCCC2)c(SO)c1. The van der Waals surface area contributed by atoms with Gasteiger partial charge in [0.2, 0.25) is 0 Å². The van der Waals surface area contributed by atoms with E-state index in [0.29, 0.717) is 23.0 Å². The first kappa shape index (κ1) is 11.6. The number of anilines is 1. The number of benzene rings is 1. The third-order valence-corrected chi connectivity index (χ3v) is 3.32. The van der Waals surface area contributed by atoms with Gasteiger partial charge in [-0.15, -0.1) is 0 Å². The topological polar surface area (TPSA) is 67.5 Å². The van der Waals surface area contributed by atoms with Crippen LogP contribution in [0, 0.1) is 0 Å². The molecule has 0 amide bonds. The van der Waals surface area contributed by atoms with Gasteiger partial charge in [0.05, 0.1) is 11.0 Å². The van der Waals surface area contributed by atoms with Gasteiger partial charge in [0, 0.05) is 17.7 Å². The van der Waals surface area contributed by atoms with Crippen LogP contribution in [0.25, 0.3) is 0 Å². The fourth-order valence-corrected chi connectivity index (χ4v) is 2.34. The Hall–Kier alpha value is -0.910. The van der Waals surface area contributed by atoms with Crippen LogP contribution in [-0.4, -0.2) is 10.7 Å². The van der Waals surface area contributed by atoms with E-state index >= 15 is 0 Å². The second-order valence-electron chi connectivity index (χ2n) is 3.92. The number of hydrogen-bond acceptors (Lipinski definition) is 5. The summed E-state index contributed by atoms with van der Waals surface area (Å²) in [5.41, 5.74) is 3.30. The summed E-state index contributed by atoms with van der Waals surface area (Å²) in [7, 11) is 0. The van der Waals surface area contributed by atoms with Crippen molar-refractivity contribution in [3.63, 3.8) is 0 Å². The number of nitrogens with one attached hydrogen (secondary N) is 1. The first-order valence-electron chi connectivity index (χ1n) is 5.42. The molecule has 1 saturated carbocycles. The molecule has 1 aliphatic rings. The summed E-state index contributed by atoms with van der Waals surface area (Å²) in [4.78, 5) is 0.697. The van der Waals surface area contributed by atoms with Crippen LogP contribution in [0.5, 0.6) is 5.75 Å². The maximum atomic E-state index is 9.18. The molecule has 0 aromatic heterocycles. The summed E-state index contributed by atoms with van der Waals surface area (Å²) in [6.45, 7) is 0. The number of hydrazine groups is 1. The molecule has 1 aromatic rings. The minimum atomic E-state index is 0.294. The van der Waals surface area contributed by atoms with Gasteiger partial charge in [0.15, 0.2) is 0 Å². The van der Waals surface area contributed by atoms with Crippen LogP contribution in [0.4, 0.5) is 5.69 Å². The quantitative estimate of drug-likeness (QED) is 0.429. The van der Waals surface area contributed by atoms with Crippen molar-refractivity contribution in [1.29, 1.82) is 0 Å². The van der Waals surface area contributed by atoms with E-state index in [0.717, 1.165) is 24.3 Å². The highest BCUT2D eigenvalue weighted by atomic mass is 32.2. The highest BCUT2D eigenvalue weighted by molar-refractivity contribution is 7.93. The minimum absolute atomic E-state index is 0.294. The summed E-state index contributed by atoms with van der Waals surface area (Å²) >= 11 is 0.688. The largest absolute Gasteiger partial charge is 0.489 e. The lowest BCUT2D eigenvalue weighted by Gasteiger charge is -2.15. The second-order valence-corrected chi connectivity index (χ2v) is 4.54. The standard InChI is InChI=1S/C11H16N2O2S/c12-13-8-5-6-10(11(7-8)16-14)15-9-3-1-2-4-9/h5-7,9,13-14H,1-4,12H2. The van der Waals surface area contributed by atoms with E-state index in [1.165, 1.54) is 12.8 Å². The van der Waals surface area contributed by atoms with Gasteiger partial charge in [-0.1, -0.05) is 0 Å². The Morgan fingerprint density at radius 3 is 2.75 bits per heavy atom. The van der Waals surface area contributed by atoms with Gasteiger partial charge < -0.3 is 14.7 Å². The monoisotopic (exact) mass is 240 g/mol. The first-order valence-corrected chi connectivity index (χ1v) is 6.19. The normalized spacial score (nSPS) is 16.4. The Bertz CT molecular complexity index is 354. The van der Waals surface area contributed by atoms with Crippen molar-refractivity contribution >= 4 is 17.7 Å². The van der Waals surface area contributed by atoms with Gasteiger partial charge in [-0.2, -0.15) is 0 Å². The maximum Gasteiger partial charge on any atom is 0.135 e. The molecule has 0 atom stereocenters. The zero-order valence-corrected chi connectivity index (χ0v) is 9.80. The average Bonchev–Trinajstić information content (AvgIpc) is 2.82. The summed E-state index contributed by atoms with van der Waals surface area (Å²) < 4.78 is 15.0. The lowest BCUT2D eigenvalue weighted by Crippen LogP contribution is -2.12. The minimum Gasteiger partial charge on any atom is -0.489 e. The Morgan fingerprint density at radius 1 is 1.38 bits per heavy atom. The van der Waals surface area contributed by atoms with Crippen LogP contribution in [0.2, 0.25) is 0 Å². The molecule has 0 saturated heterocycles. The molecule has 4 nitrogen and oxygen atoms in total. The molecule has 5 heteroatoms. The number of hydrogen-bond donors (Lipinski definition) is 3. The Morgan fingerprint density at radius 2 is 2.12 bits per heavy atom. The smallest absolute Gasteiger partial charge is 0.135 e. The Labute approximate surface area is 99.4 Å². The lowest BCUT2D eigenvalue weighted by atomic mass is 10.3. The van der Waals surface area contributed by atoms with Crippen LogP contribution in [-0.2, 0) is 0 Å². The molecule has 16 heavy (non-hydrogen) atoms. The van der Waals surface area contributed by atoms with Crippen molar-refractivity contribution in [2.24, 2.45) is 5.84 Å². The highest BCUT2D eigenvalue weighted by Gasteiger charge is 2.18. The number of nitrogens with two attached hydrogens (primary N) is 1. The van der Waals surface area contributed by atoms with Crippen molar-refractivity contribution in [3.05, 3.63) is 18.2 Å². The molecule has 88 valence electrons. The fourth-order valence-electron chi connectivity index (χ4n) is 1.95. The van der Waals surface area contributed by atoms with Crippen molar-refractivity contribution in [1.82, 2.24) is 0 Å². The third kappa shape index (κ3) is 2.61. The molecular weight excluding hydrogens is 224 g/mol. The zero-order valence-electron chi connectivity index (χ0n) is 8.98. The molecule has 0 heterocycles. The molecule has 0 spiro atoms. The van der Waals surface area contributed by atoms with Crippen LogP contribution in [0.15, 0.2) is 23.1 Å². The van der Waals surface area contributed by atoms with Gasteiger partial charge >= 0.3 is 0 Å². The summed E-state index contributed by atoms with van der Waals surface area (Å²) in [5, 5.41) is 0. The zero-order chi connectivity index (χ0) is 11.4. The van der Waals surface area contributed by atoms with Crippen LogP contribution >= 0.6 is 12.0 Å². The van der Waals surface area contributed by atoms with E-state index in [4.69, 9.17) is 10.6 Å². The van der Waals surface area contributed by atoms with Crippen LogP contribution in [0.3, 0.4) is 0 Å². The van der Waals surface area contributed by atoms with Gasteiger partial charge in [-0.25, -0.2) is 0 Å². The average molecular weight is 240 g/mol. The summed E-state index contributed by atoms with van der Waals surface area (Å²) in [6, 6.07) is 5.45. The van der Waals surface area contributed by atoms with Crippen molar-refractivity contribution in [2.45, 2.75) is 36.7 Å². The first-order chi connectivity index (χ1) is 7.83. The van der Waals surface area contributed by atoms with E-state index in [-0.39, 0.29) is 0 Å². The van der Waals surface area contributed by atoms with Gasteiger partial charge in [0.25, 0.3) is 0 Å². The van der Waals surface area contributed by atoms with Gasteiger partial charge in [-0.05, 0) is 43.9 Å². The van der Waals surface area contributed by atoms with Crippen molar-refractivity contribution in [2.75, 3.05) is 5.43 Å². The van der Waals surface area contributed by atoms with Crippen LogP contribution in [0.1, 0.15) is 25.7 Å². The van der Waals surface area contributed by atoms with Gasteiger partial charge in [-0.3, -0.25) is 5.84 Å². The molecule has 0 radical (unpaired) electrons. The summed E-state index contributed by atoms with van der Waals surface area (Å²) in [6.07, 6.45) is 4.96. The second kappa shape index (κ2) is 5.43. The number of ether oxygens (including phenoxy) is 1. The fraction of sp³-hybridized carbons (Fsp3) is 0.455. The van der Waals surface area contributed by atoms with Gasteiger partial charge in [0.1, 0.15) is 5.75 Å².